The summed E-state index contributed by atoms with van der Waals surface area (Å²) in [4.78, 5) is 13.3. The number of ether oxygens (including phenoxy) is 4. The van der Waals surface area contributed by atoms with Crippen LogP contribution in [0.1, 0.15) is 86.5 Å². The zero-order valence-corrected chi connectivity index (χ0v) is 25.1. The normalized spacial score (nSPS) is 15.0. The van der Waals surface area contributed by atoms with Gasteiger partial charge in [0.2, 0.25) is 0 Å². The second-order valence-electron chi connectivity index (χ2n) is 11.1. The van der Waals surface area contributed by atoms with Crippen LogP contribution in [-0.2, 0) is 0 Å². The lowest BCUT2D eigenvalue weighted by Crippen LogP contribution is -2.20. The molecule has 2 saturated carbocycles. The van der Waals surface area contributed by atoms with E-state index >= 15 is 0 Å². The first-order chi connectivity index (χ1) is 21.5. The Morgan fingerprint density at radius 1 is 0.682 bits per heavy atom. The van der Waals surface area contributed by atoms with Crippen molar-refractivity contribution in [1.29, 1.82) is 21.0 Å². The van der Waals surface area contributed by atoms with E-state index in [-0.39, 0.29) is 56.6 Å². The average Bonchev–Trinajstić information content (AvgIpc) is 3.06. The Morgan fingerprint density at radius 3 is 1.39 bits per heavy atom. The summed E-state index contributed by atoms with van der Waals surface area (Å²) in [6.07, 6.45) is 9.85. The Balaban J connectivity index is 1.64. The van der Waals surface area contributed by atoms with Crippen LogP contribution in [0.2, 0.25) is 0 Å². The van der Waals surface area contributed by atoms with Crippen LogP contribution in [0.25, 0.3) is 0 Å². The molecule has 2 N–H and O–H groups in total. The van der Waals surface area contributed by atoms with Crippen molar-refractivity contribution in [3.63, 3.8) is 0 Å². The van der Waals surface area contributed by atoms with E-state index in [2.05, 4.69) is 22.8 Å². The van der Waals surface area contributed by atoms with E-state index in [4.69, 9.17) is 18.9 Å². The molecule has 0 bridgehead atoms. The third kappa shape index (κ3) is 7.25. The number of anilines is 2. The molecule has 2 aromatic rings. The minimum atomic E-state index is -1.26. The number of carbonyl (C=O) groups excluding carboxylic acids is 1. The summed E-state index contributed by atoms with van der Waals surface area (Å²) in [6, 6.07) is 11.0. The Bertz CT molecular complexity index is 1420. The van der Waals surface area contributed by atoms with Crippen molar-refractivity contribution in [3.8, 4) is 47.3 Å². The largest absolute Gasteiger partial charge is 0.519 e. The number of hydrogen-bond acceptors (Lipinski definition) is 11. The fraction of sp³-hybridized carbons (Fsp3) is 0.485. The van der Waals surface area contributed by atoms with Crippen LogP contribution in [0.5, 0.6) is 23.0 Å². The predicted molar refractivity (Wildman–Crippen MR) is 162 cm³/mol. The van der Waals surface area contributed by atoms with Crippen molar-refractivity contribution in [3.05, 3.63) is 34.4 Å². The molecule has 2 aromatic carbocycles. The number of hydrogen-bond donors (Lipinski definition) is 2. The number of carbonyl (C=O) groups is 1. The molecule has 0 saturated heterocycles. The number of nitrogens with one attached hydrogen (secondary N) is 2. The minimum absolute atomic E-state index is 0.0135. The highest BCUT2D eigenvalue weighted by molar-refractivity contribution is 5.81. The lowest BCUT2D eigenvalue weighted by atomic mass is 9.89. The van der Waals surface area contributed by atoms with E-state index < -0.39 is 6.16 Å². The second-order valence-corrected chi connectivity index (χ2v) is 11.1. The van der Waals surface area contributed by atoms with Crippen molar-refractivity contribution in [1.82, 2.24) is 0 Å². The molecule has 0 aliphatic heterocycles. The second kappa shape index (κ2) is 15.4. The van der Waals surface area contributed by atoms with Gasteiger partial charge in [-0.2, -0.15) is 21.0 Å². The minimum Gasteiger partial charge on any atom is -0.493 e. The molecule has 0 heterocycles. The van der Waals surface area contributed by atoms with Crippen molar-refractivity contribution in [2.24, 2.45) is 11.8 Å². The highest BCUT2D eigenvalue weighted by Crippen LogP contribution is 2.42. The summed E-state index contributed by atoms with van der Waals surface area (Å²) in [6.45, 7) is 1.12. The van der Waals surface area contributed by atoms with Crippen LogP contribution >= 0.6 is 0 Å². The molecule has 11 heteroatoms. The maximum atomic E-state index is 13.3. The molecule has 2 fully saturated rings. The van der Waals surface area contributed by atoms with Gasteiger partial charge in [0.05, 0.1) is 36.7 Å². The van der Waals surface area contributed by atoms with Crippen LogP contribution in [0.3, 0.4) is 0 Å². The van der Waals surface area contributed by atoms with Gasteiger partial charge in [-0.3, -0.25) is 0 Å². The standard InChI is InChI=1S/C33H36N6O5/c1-41-27-13-23(15-34)29(38-19-21-9-5-3-6-10-21)25(17-36)31(27)43-33(40)44-32-26(18-37)30(24(16-35)14-28(32)42-2)39-20-22-11-7-4-8-12-22/h13-14,21-22,38-39H,3-12,19-20H2,1-2H3. The van der Waals surface area contributed by atoms with Crippen molar-refractivity contribution in [2.75, 3.05) is 37.9 Å². The van der Waals surface area contributed by atoms with Crippen LogP contribution in [0, 0.1) is 57.2 Å². The summed E-state index contributed by atoms with van der Waals surface area (Å²) >= 11 is 0. The summed E-state index contributed by atoms with van der Waals surface area (Å²) < 4.78 is 21.8. The van der Waals surface area contributed by atoms with Gasteiger partial charge in [0.25, 0.3) is 0 Å². The molecule has 0 radical (unpaired) electrons. The molecular weight excluding hydrogens is 560 g/mol. The van der Waals surface area contributed by atoms with E-state index in [0.717, 1.165) is 51.4 Å². The van der Waals surface area contributed by atoms with Gasteiger partial charge in [0, 0.05) is 25.2 Å². The maximum absolute atomic E-state index is 13.3. The lowest BCUT2D eigenvalue weighted by Gasteiger charge is -2.24. The van der Waals surface area contributed by atoms with Crippen molar-refractivity contribution >= 4 is 17.5 Å². The average molecular weight is 597 g/mol. The van der Waals surface area contributed by atoms with E-state index in [1.165, 1.54) is 39.2 Å². The smallest absolute Gasteiger partial charge is 0.493 e. The summed E-state index contributed by atoms with van der Waals surface area (Å²) in [7, 11) is 2.65. The highest BCUT2D eigenvalue weighted by atomic mass is 16.7. The fourth-order valence-electron chi connectivity index (χ4n) is 6.01. The number of nitrogens with zero attached hydrogens (tertiary/aromatic N) is 4. The number of benzene rings is 2. The molecule has 0 spiro atoms. The summed E-state index contributed by atoms with van der Waals surface area (Å²) in [5.41, 5.74) is 0.652. The van der Waals surface area contributed by atoms with Crippen molar-refractivity contribution in [2.45, 2.75) is 64.2 Å². The number of rotatable bonds is 10. The Hall–Kier alpha value is -5.13. The molecule has 2 aliphatic rings. The van der Waals surface area contributed by atoms with Gasteiger partial charge in [-0.05, 0) is 37.5 Å². The van der Waals surface area contributed by atoms with Gasteiger partial charge in [-0.15, -0.1) is 0 Å². The molecule has 228 valence electrons. The first-order valence-electron chi connectivity index (χ1n) is 15.0. The zero-order valence-electron chi connectivity index (χ0n) is 25.1. The Morgan fingerprint density at radius 2 is 1.07 bits per heavy atom. The molecule has 4 rings (SSSR count). The lowest BCUT2D eigenvalue weighted by molar-refractivity contribution is 0.148. The molecule has 0 atom stereocenters. The van der Waals surface area contributed by atoms with Crippen LogP contribution in [0.15, 0.2) is 12.1 Å². The van der Waals surface area contributed by atoms with E-state index in [1.807, 2.05) is 12.1 Å². The monoisotopic (exact) mass is 596 g/mol. The van der Waals surface area contributed by atoms with Gasteiger partial charge in [-0.25, -0.2) is 4.79 Å². The Labute approximate surface area is 257 Å². The van der Waals surface area contributed by atoms with E-state index in [1.54, 1.807) is 0 Å². The van der Waals surface area contributed by atoms with Crippen LogP contribution in [-0.4, -0.2) is 33.5 Å². The van der Waals surface area contributed by atoms with E-state index in [0.29, 0.717) is 24.9 Å². The molecule has 2 aliphatic carbocycles. The quantitative estimate of drug-likeness (QED) is 0.219. The molecule has 0 amide bonds. The first kappa shape index (κ1) is 31.8. The third-order valence-electron chi connectivity index (χ3n) is 8.35. The third-order valence-corrected chi connectivity index (χ3v) is 8.35. The van der Waals surface area contributed by atoms with E-state index in [9.17, 15) is 25.8 Å². The van der Waals surface area contributed by atoms with Crippen molar-refractivity contribution < 1.29 is 23.7 Å². The van der Waals surface area contributed by atoms with Gasteiger partial charge in [0.15, 0.2) is 23.0 Å². The number of methoxy groups -OCH3 is 2. The van der Waals surface area contributed by atoms with Gasteiger partial charge >= 0.3 is 6.16 Å². The Kier molecular flexibility index (Phi) is 11.1. The molecule has 11 nitrogen and oxygen atoms in total. The van der Waals surface area contributed by atoms with Crippen LogP contribution < -0.4 is 29.6 Å². The predicted octanol–water partition coefficient (Wildman–Crippen LogP) is 6.75. The van der Waals surface area contributed by atoms with Crippen LogP contribution in [0.4, 0.5) is 16.2 Å². The van der Waals surface area contributed by atoms with Gasteiger partial charge in [-0.1, -0.05) is 38.5 Å². The number of nitriles is 4. The SMILES string of the molecule is COc1cc(C#N)c(NCC2CCCCC2)c(C#N)c1OC(=O)Oc1c(OC)cc(C#N)c(NCC2CCCCC2)c1C#N. The highest BCUT2D eigenvalue weighted by Gasteiger charge is 2.28. The molecule has 0 aromatic heterocycles. The van der Waals surface area contributed by atoms with Gasteiger partial charge in [0.1, 0.15) is 35.4 Å². The molecular formula is C33H36N6O5. The fourth-order valence-corrected chi connectivity index (χ4v) is 6.01. The summed E-state index contributed by atoms with van der Waals surface area (Å²) in [5.74, 6) is 0.305. The molecule has 44 heavy (non-hydrogen) atoms. The first-order valence-corrected chi connectivity index (χ1v) is 15.0. The maximum Gasteiger partial charge on any atom is 0.519 e. The van der Waals surface area contributed by atoms with Gasteiger partial charge < -0.3 is 29.6 Å². The molecule has 0 unspecified atom stereocenters. The zero-order chi connectivity index (χ0) is 31.5. The summed E-state index contributed by atoms with van der Waals surface area (Å²) in [5, 5.41) is 46.3. The topological polar surface area (TPSA) is 173 Å².